The lowest BCUT2D eigenvalue weighted by molar-refractivity contribution is -0.142. The van der Waals surface area contributed by atoms with Gasteiger partial charge in [0.05, 0.1) is 12.6 Å². The predicted molar refractivity (Wildman–Crippen MR) is 160 cm³/mol. The van der Waals surface area contributed by atoms with Crippen LogP contribution in [0.3, 0.4) is 0 Å². The van der Waals surface area contributed by atoms with Crippen molar-refractivity contribution in [3.05, 3.63) is 29.8 Å². The van der Waals surface area contributed by atoms with Crippen LogP contribution in [0.5, 0.6) is 5.75 Å². The number of aromatic hydroxyl groups is 1. The minimum atomic E-state index is -1.31. The molecule has 1 aromatic rings. The summed E-state index contributed by atoms with van der Waals surface area (Å²) >= 11 is 0. The van der Waals surface area contributed by atoms with Gasteiger partial charge in [0.1, 0.15) is 23.9 Å². The van der Waals surface area contributed by atoms with Gasteiger partial charge in [-0.25, -0.2) is 4.79 Å². The first kappa shape index (κ1) is 36.6. The molecule has 0 aromatic heterocycles. The van der Waals surface area contributed by atoms with E-state index in [1.807, 2.05) is 0 Å². The fourth-order valence-corrected chi connectivity index (χ4v) is 3.89. The number of rotatable bonds is 18. The van der Waals surface area contributed by atoms with Crippen molar-refractivity contribution in [1.29, 1.82) is 0 Å². The summed E-state index contributed by atoms with van der Waals surface area (Å²) in [6, 6.07) is 1.53. The molecule has 1 aromatic carbocycles. The molecular weight excluding hydrogens is 560 g/mol. The largest absolute Gasteiger partial charge is 0.508 e. The highest BCUT2D eigenvalue weighted by Gasteiger charge is 2.32. The summed E-state index contributed by atoms with van der Waals surface area (Å²) in [5.41, 5.74) is 17.1. The summed E-state index contributed by atoms with van der Waals surface area (Å²) in [5.74, 6) is -4.53. The van der Waals surface area contributed by atoms with E-state index in [-0.39, 0.29) is 37.0 Å². The molecule has 0 aliphatic heterocycles. The number of carboxylic acid groups (broad SMARTS) is 1. The van der Waals surface area contributed by atoms with Gasteiger partial charge >= 0.3 is 5.97 Å². The van der Waals surface area contributed by atoms with E-state index in [2.05, 4.69) is 26.3 Å². The van der Waals surface area contributed by atoms with Gasteiger partial charge in [0.15, 0.2) is 5.96 Å². The van der Waals surface area contributed by atoms with Crippen molar-refractivity contribution in [3.8, 4) is 5.75 Å². The van der Waals surface area contributed by atoms with E-state index in [0.717, 1.165) is 0 Å². The lowest BCUT2D eigenvalue weighted by Crippen LogP contribution is -2.58. The van der Waals surface area contributed by atoms with Crippen molar-refractivity contribution < 1.29 is 34.2 Å². The molecule has 1 rings (SSSR count). The molecule has 15 nitrogen and oxygen atoms in total. The molecule has 5 atom stereocenters. The van der Waals surface area contributed by atoms with E-state index >= 15 is 0 Å². The van der Waals surface area contributed by atoms with Crippen LogP contribution >= 0.6 is 0 Å². The SMILES string of the molecule is CC[C@H](C)[C@H](NC(=O)[C@H](CCCN=C(N)N)NC(=O)CNC(=O)[C@@H](N)C(C)C)C(=O)N[C@@H](Cc1ccc(O)cc1)C(=O)O. The Kier molecular flexibility index (Phi) is 15.5. The van der Waals surface area contributed by atoms with E-state index in [9.17, 15) is 34.2 Å². The molecule has 4 amide bonds. The van der Waals surface area contributed by atoms with Crippen molar-refractivity contribution in [1.82, 2.24) is 21.3 Å². The van der Waals surface area contributed by atoms with Gasteiger partial charge in [0.2, 0.25) is 23.6 Å². The lowest BCUT2D eigenvalue weighted by atomic mass is 9.96. The van der Waals surface area contributed by atoms with Crippen molar-refractivity contribution in [2.75, 3.05) is 13.1 Å². The molecule has 0 unspecified atom stereocenters. The number of hydrogen-bond donors (Lipinski definition) is 9. The Morgan fingerprint density at radius 3 is 2.07 bits per heavy atom. The quantitative estimate of drug-likeness (QED) is 0.0540. The number of hydrogen-bond acceptors (Lipinski definition) is 8. The van der Waals surface area contributed by atoms with Crippen molar-refractivity contribution >= 4 is 35.6 Å². The second kappa shape index (κ2) is 18.2. The Hall–Kier alpha value is -4.40. The maximum absolute atomic E-state index is 13.4. The summed E-state index contributed by atoms with van der Waals surface area (Å²) in [6.07, 6.45) is 0.811. The number of carboxylic acids is 1. The zero-order valence-corrected chi connectivity index (χ0v) is 25.1. The fraction of sp³-hybridized carbons (Fsp3) is 0.571. The molecule has 0 aliphatic rings. The number of phenols is 1. The Balaban J connectivity index is 3.05. The summed E-state index contributed by atoms with van der Waals surface area (Å²) < 4.78 is 0. The van der Waals surface area contributed by atoms with E-state index < -0.39 is 66.2 Å². The number of phenolic OH excluding ortho intramolecular Hbond substituents is 1. The summed E-state index contributed by atoms with van der Waals surface area (Å²) in [6.45, 7) is 6.80. The number of carbonyl (C=O) groups is 5. The first-order valence-electron chi connectivity index (χ1n) is 14.2. The van der Waals surface area contributed by atoms with Gasteiger partial charge in [-0.2, -0.15) is 0 Å². The average Bonchev–Trinajstić information content (AvgIpc) is 2.95. The normalized spacial score (nSPS) is 14.4. The standard InChI is InChI=1S/C28H46N8O7/c1-5-16(4)23(26(41)35-20(27(42)43)13-17-8-10-18(37)11-9-17)36-24(39)19(7-6-12-32-28(30)31)34-21(38)14-33-25(40)22(29)15(2)3/h8-11,15-16,19-20,22-23,37H,5-7,12-14,29H2,1-4H3,(H,33,40)(H,34,38)(H,35,41)(H,36,39)(H,42,43)(H4,30,31,32)/t16-,19-,20-,22-,23-/m0/s1. The topological polar surface area (TPSA) is 264 Å². The Bertz CT molecular complexity index is 1120. The van der Waals surface area contributed by atoms with E-state index in [1.165, 1.54) is 12.1 Å². The highest BCUT2D eigenvalue weighted by Crippen LogP contribution is 2.13. The van der Waals surface area contributed by atoms with Crippen LogP contribution in [0.1, 0.15) is 52.5 Å². The van der Waals surface area contributed by atoms with Crippen LogP contribution in [0.4, 0.5) is 0 Å². The van der Waals surface area contributed by atoms with Crippen LogP contribution in [0, 0.1) is 11.8 Å². The number of benzene rings is 1. The van der Waals surface area contributed by atoms with Crippen molar-refractivity contribution in [2.24, 2.45) is 34.0 Å². The maximum atomic E-state index is 13.4. The molecule has 0 saturated carbocycles. The highest BCUT2D eigenvalue weighted by atomic mass is 16.4. The lowest BCUT2D eigenvalue weighted by Gasteiger charge is -2.28. The molecule has 43 heavy (non-hydrogen) atoms. The fourth-order valence-electron chi connectivity index (χ4n) is 3.89. The number of nitrogens with two attached hydrogens (primary N) is 3. The Morgan fingerprint density at radius 2 is 1.53 bits per heavy atom. The van der Waals surface area contributed by atoms with Gasteiger partial charge in [-0.05, 0) is 42.4 Å². The van der Waals surface area contributed by atoms with E-state index in [1.54, 1.807) is 39.8 Å². The van der Waals surface area contributed by atoms with Crippen molar-refractivity contribution in [3.63, 3.8) is 0 Å². The average molecular weight is 607 g/mol. The van der Waals surface area contributed by atoms with Gasteiger partial charge in [-0.1, -0.05) is 46.2 Å². The molecule has 0 spiro atoms. The maximum Gasteiger partial charge on any atom is 0.326 e. The summed E-state index contributed by atoms with van der Waals surface area (Å²) in [4.78, 5) is 67.3. The minimum absolute atomic E-state index is 0.0145. The molecule has 0 heterocycles. The number of nitrogens with zero attached hydrogens (tertiary/aromatic N) is 1. The summed E-state index contributed by atoms with van der Waals surface area (Å²) in [5, 5.41) is 29.4. The Morgan fingerprint density at radius 1 is 0.907 bits per heavy atom. The number of guanidine groups is 1. The molecule has 0 aliphatic carbocycles. The van der Waals surface area contributed by atoms with Crippen LogP contribution in [0.2, 0.25) is 0 Å². The monoisotopic (exact) mass is 606 g/mol. The molecule has 0 fully saturated rings. The first-order chi connectivity index (χ1) is 20.2. The van der Waals surface area contributed by atoms with Crippen LogP contribution in [-0.4, -0.2) is 83.0 Å². The number of aliphatic carboxylic acids is 1. The summed E-state index contributed by atoms with van der Waals surface area (Å²) in [7, 11) is 0. The number of aliphatic imine (C=N–C) groups is 1. The van der Waals surface area contributed by atoms with Gasteiger partial charge in [-0.15, -0.1) is 0 Å². The molecule has 15 heteroatoms. The molecule has 0 radical (unpaired) electrons. The third-order valence-electron chi connectivity index (χ3n) is 6.83. The highest BCUT2D eigenvalue weighted by molar-refractivity contribution is 5.94. The van der Waals surface area contributed by atoms with Crippen LogP contribution in [-0.2, 0) is 30.4 Å². The minimum Gasteiger partial charge on any atom is -0.508 e. The first-order valence-corrected chi connectivity index (χ1v) is 14.2. The Labute approximate surface area is 251 Å². The van der Waals surface area contributed by atoms with Crippen LogP contribution in [0.25, 0.3) is 0 Å². The zero-order valence-electron chi connectivity index (χ0n) is 25.1. The van der Waals surface area contributed by atoms with Gasteiger partial charge in [-0.3, -0.25) is 24.2 Å². The third kappa shape index (κ3) is 13.4. The predicted octanol–water partition coefficient (Wildman–Crippen LogP) is -1.33. The second-order valence-electron chi connectivity index (χ2n) is 10.7. The zero-order chi connectivity index (χ0) is 32.7. The van der Waals surface area contributed by atoms with E-state index in [0.29, 0.717) is 18.4 Å². The van der Waals surface area contributed by atoms with Gasteiger partial charge in [0, 0.05) is 13.0 Å². The molecule has 0 bridgehead atoms. The molecular formula is C28H46N8O7. The van der Waals surface area contributed by atoms with Gasteiger partial charge in [0.25, 0.3) is 0 Å². The number of amides is 4. The van der Waals surface area contributed by atoms with Crippen molar-refractivity contribution in [2.45, 2.75) is 77.5 Å². The number of carbonyl (C=O) groups excluding carboxylic acids is 4. The third-order valence-corrected chi connectivity index (χ3v) is 6.83. The van der Waals surface area contributed by atoms with Crippen LogP contribution in [0.15, 0.2) is 29.3 Å². The smallest absolute Gasteiger partial charge is 0.326 e. The molecule has 12 N–H and O–H groups in total. The second-order valence-corrected chi connectivity index (χ2v) is 10.7. The molecule has 240 valence electrons. The van der Waals surface area contributed by atoms with Gasteiger partial charge < -0.3 is 48.7 Å². The van der Waals surface area contributed by atoms with E-state index in [4.69, 9.17) is 17.2 Å². The molecule has 0 saturated heterocycles. The van der Waals surface area contributed by atoms with Crippen LogP contribution < -0.4 is 38.5 Å². The number of nitrogens with one attached hydrogen (secondary N) is 4.